The maximum atomic E-state index is 2.47. The molecule has 0 amide bonds. The Labute approximate surface area is 386 Å². The fraction of sp³-hybridized carbons (Fsp3) is 0.290. The largest absolute Gasteiger partial charge is 0.311 e. The summed E-state index contributed by atoms with van der Waals surface area (Å²) < 4.78 is 0. The number of anilines is 5. The lowest BCUT2D eigenvalue weighted by Crippen LogP contribution is -2.30. The number of aryl methyl sites for hydroxylation is 6. The van der Waals surface area contributed by atoms with Gasteiger partial charge in [-0.2, -0.15) is 0 Å². The van der Waals surface area contributed by atoms with Crippen LogP contribution < -0.4 is 9.80 Å². The zero-order valence-electron chi connectivity index (χ0n) is 40.9. The first-order chi connectivity index (χ1) is 30.7. The van der Waals surface area contributed by atoms with Gasteiger partial charge in [0.1, 0.15) is 0 Å². The Balaban J connectivity index is 0.00000302. The first-order valence-electron chi connectivity index (χ1n) is 23.6. The van der Waals surface area contributed by atoms with E-state index in [0.717, 1.165) is 42.0 Å². The molecule has 0 heterocycles. The van der Waals surface area contributed by atoms with Crippen LogP contribution in [0.25, 0.3) is 12.2 Å². The van der Waals surface area contributed by atoms with Gasteiger partial charge in [0, 0.05) is 34.1 Å². The molecule has 0 N–H and O–H groups in total. The maximum absolute atomic E-state index is 2.47. The van der Waals surface area contributed by atoms with Gasteiger partial charge >= 0.3 is 0 Å². The van der Waals surface area contributed by atoms with Crippen LogP contribution in [0.3, 0.4) is 0 Å². The Morgan fingerprint density at radius 2 is 1.05 bits per heavy atom. The minimum absolute atomic E-state index is 0.0557. The molecule has 3 aliphatic carbocycles. The molecule has 2 nitrogen and oxygen atoms in total. The molecule has 0 saturated heterocycles. The molecule has 64 heavy (non-hydrogen) atoms. The SMILES string of the molecule is C/C=C\C=C1/CC(/C=C\CC)=C(C)C12c1ccc(N(C3=CC(C)(C)CC=C3)c3ccc(C)c(C)c3)cc1C=Cc1cc(N(c3ccc(C)c(C)c3)c3ccc(C)c(C)c3)ccc12.CC. The van der Waals surface area contributed by atoms with E-state index >= 15 is 0 Å². The Morgan fingerprint density at radius 3 is 1.52 bits per heavy atom. The third kappa shape index (κ3) is 8.60. The Morgan fingerprint density at radius 1 is 0.578 bits per heavy atom. The highest BCUT2D eigenvalue weighted by molar-refractivity contribution is 5.88. The van der Waals surface area contributed by atoms with Crippen LogP contribution in [0.15, 0.2) is 162 Å². The smallest absolute Gasteiger partial charge is 0.0642 e. The second-order valence-electron chi connectivity index (χ2n) is 18.6. The molecule has 3 aliphatic rings. The summed E-state index contributed by atoms with van der Waals surface area (Å²) in [5.74, 6) is 0. The van der Waals surface area contributed by atoms with E-state index in [1.807, 2.05) is 13.8 Å². The summed E-state index contributed by atoms with van der Waals surface area (Å²) in [4.78, 5) is 4.91. The molecule has 1 unspecified atom stereocenters. The predicted molar refractivity (Wildman–Crippen MR) is 281 cm³/mol. The summed E-state index contributed by atoms with van der Waals surface area (Å²) in [7, 11) is 0. The topological polar surface area (TPSA) is 6.48 Å². The Hall–Kier alpha value is -6.12. The zero-order valence-corrected chi connectivity index (χ0v) is 40.9. The molecule has 328 valence electrons. The highest BCUT2D eigenvalue weighted by Crippen LogP contribution is 2.58. The number of fused-ring (bicyclic) bond motifs is 4. The normalized spacial score (nSPS) is 18.0. The molecule has 0 saturated carbocycles. The van der Waals surface area contributed by atoms with E-state index in [4.69, 9.17) is 0 Å². The van der Waals surface area contributed by atoms with Gasteiger partial charge in [0.25, 0.3) is 0 Å². The number of hydrogen-bond donors (Lipinski definition) is 0. The van der Waals surface area contributed by atoms with Crippen molar-refractivity contribution in [3.05, 3.63) is 218 Å². The standard InChI is InChI=1S/C60H64N2.C2H6/c1-12-14-17-47-36-50(18-15-13-2)60(46(47)9)57-30-28-54(61(51-25-20-40(3)43(6)33-51)52-26-21-41(4)44(7)34-52)37-48(57)23-24-49-38-55(29-31-58(49)60)62(53-27-22-42(5)45(8)35-53)56-19-16-32-59(10,11)39-56;1-2/h13-31,33-35,37-39H,12,32,36H2,1-11H3;1-2H3/b15-13-,17-14-,50-18+;. The summed E-state index contributed by atoms with van der Waals surface area (Å²) >= 11 is 0. The van der Waals surface area contributed by atoms with Gasteiger partial charge in [0.2, 0.25) is 0 Å². The van der Waals surface area contributed by atoms with Crippen LogP contribution in [0, 0.1) is 47.0 Å². The van der Waals surface area contributed by atoms with Gasteiger partial charge in [-0.25, -0.2) is 0 Å². The van der Waals surface area contributed by atoms with E-state index in [0.29, 0.717) is 0 Å². The van der Waals surface area contributed by atoms with Crippen molar-refractivity contribution in [1.29, 1.82) is 0 Å². The average Bonchev–Trinajstić information content (AvgIpc) is 3.46. The molecule has 0 radical (unpaired) electrons. The van der Waals surface area contributed by atoms with Gasteiger partial charge in [0.05, 0.1) is 5.41 Å². The van der Waals surface area contributed by atoms with Crippen molar-refractivity contribution in [3.8, 4) is 0 Å². The minimum Gasteiger partial charge on any atom is -0.311 e. The minimum atomic E-state index is -0.471. The van der Waals surface area contributed by atoms with Crippen LogP contribution in [0.2, 0.25) is 0 Å². The summed E-state index contributed by atoms with van der Waals surface area (Å²) in [6.45, 7) is 28.7. The third-order valence-electron chi connectivity index (χ3n) is 13.8. The lowest BCUT2D eigenvalue weighted by Gasteiger charge is -2.38. The number of nitrogens with zero attached hydrogens (tertiary/aromatic N) is 2. The van der Waals surface area contributed by atoms with Gasteiger partial charge in [-0.3, -0.25) is 0 Å². The van der Waals surface area contributed by atoms with E-state index < -0.39 is 5.41 Å². The summed E-state index contributed by atoms with van der Waals surface area (Å²) in [6.07, 6.45) is 26.3. The molecular formula is C62H70N2. The van der Waals surface area contributed by atoms with E-state index in [1.54, 1.807) is 0 Å². The highest BCUT2D eigenvalue weighted by atomic mass is 15.2. The molecule has 5 aromatic rings. The number of rotatable bonds is 9. The summed E-state index contributed by atoms with van der Waals surface area (Å²) in [5.41, 5.74) is 23.7. The van der Waals surface area contributed by atoms with Gasteiger partial charge in [-0.15, -0.1) is 0 Å². The van der Waals surface area contributed by atoms with E-state index in [9.17, 15) is 0 Å². The van der Waals surface area contributed by atoms with Crippen molar-refractivity contribution in [1.82, 2.24) is 0 Å². The van der Waals surface area contributed by atoms with E-state index in [2.05, 4.69) is 238 Å². The molecule has 1 atom stereocenters. The lowest BCUT2D eigenvalue weighted by molar-refractivity contribution is 0.480. The fourth-order valence-electron chi connectivity index (χ4n) is 9.82. The first kappa shape index (κ1) is 45.9. The van der Waals surface area contributed by atoms with Crippen molar-refractivity contribution in [2.75, 3.05) is 9.80 Å². The lowest BCUT2D eigenvalue weighted by atomic mass is 9.65. The van der Waals surface area contributed by atoms with Crippen molar-refractivity contribution >= 4 is 40.6 Å². The van der Waals surface area contributed by atoms with Crippen molar-refractivity contribution in [2.24, 2.45) is 5.41 Å². The zero-order chi connectivity index (χ0) is 45.9. The van der Waals surface area contributed by atoms with Crippen LogP contribution in [0.4, 0.5) is 28.4 Å². The molecule has 0 aliphatic heterocycles. The third-order valence-corrected chi connectivity index (χ3v) is 13.8. The molecule has 2 heteroatoms. The van der Waals surface area contributed by atoms with Gasteiger partial charge in [-0.1, -0.05) is 125 Å². The molecular weight excluding hydrogens is 773 g/mol. The molecule has 5 aromatic carbocycles. The quantitative estimate of drug-likeness (QED) is 0.146. The van der Waals surface area contributed by atoms with Crippen molar-refractivity contribution < 1.29 is 0 Å². The summed E-state index contributed by atoms with van der Waals surface area (Å²) in [6, 6.07) is 35.1. The van der Waals surface area contributed by atoms with Crippen LogP contribution >= 0.6 is 0 Å². The molecule has 0 fully saturated rings. The van der Waals surface area contributed by atoms with Gasteiger partial charge in [0.15, 0.2) is 0 Å². The second-order valence-corrected chi connectivity index (χ2v) is 18.6. The maximum Gasteiger partial charge on any atom is 0.0642 e. The molecule has 8 rings (SSSR count). The fourth-order valence-corrected chi connectivity index (χ4v) is 9.82. The van der Waals surface area contributed by atoms with Crippen LogP contribution in [0.5, 0.6) is 0 Å². The van der Waals surface area contributed by atoms with Crippen molar-refractivity contribution in [3.63, 3.8) is 0 Å². The number of allylic oxidation sites excluding steroid dienone is 11. The van der Waals surface area contributed by atoms with Crippen LogP contribution in [-0.2, 0) is 5.41 Å². The molecule has 1 spiro atoms. The first-order valence-corrected chi connectivity index (χ1v) is 23.6. The number of benzene rings is 5. The second kappa shape index (κ2) is 18.9. The van der Waals surface area contributed by atoms with E-state index in [-0.39, 0.29) is 5.41 Å². The molecule has 0 aromatic heterocycles. The Kier molecular flexibility index (Phi) is 13.6. The van der Waals surface area contributed by atoms with Crippen LogP contribution in [-0.4, -0.2) is 0 Å². The van der Waals surface area contributed by atoms with Crippen molar-refractivity contribution in [2.45, 2.75) is 115 Å². The van der Waals surface area contributed by atoms with Gasteiger partial charge in [-0.05, 0) is 214 Å². The number of hydrogen-bond acceptors (Lipinski definition) is 2. The van der Waals surface area contributed by atoms with Gasteiger partial charge < -0.3 is 9.80 Å². The monoisotopic (exact) mass is 843 g/mol. The van der Waals surface area contributed by atoms with E-state index in [1.165, 1.54) is 83.7 Å². The summed E-state index contributed by atoms with van der Waals surface area (Å²) in [5, 5.41) is 0. The average molecular weight is 843 g/mol. The predicted octanol–water partition coefficient (Wildman–Crippen LogP) is 18.0. The Bertz CT molecular complexity index is 2740. The van der Waals surface area contributed by atoms with Crippen LogP contribution in [0.1, 0.15) is 123 Å². The highest BCUT2D eigenvalue weighted by Gasteiger charge is 2.47. The molecule has 0 bridgehead atoms.